The van der Waals surface area contributed by atoms with Crippen LogP contribution in [0, 0.1) is 5.41 Å². The minimum Gasteiger partial charge on any atom is -0.349 e. The molecule has 0 aliphatic heterocycles. The zero-order valence-corrected chi connectivity index (χ0v) is 14.0. The Hall–Kier alpha value is -1.40. The average Bonchev–Trinajstić information content (AvgIpc) is 2.37. The first-order valence-electron chi connectivity index (χ1n) is 6.98. The van der Waals surface area contributed by atoms with Gasteiger partial charge >= 0.3 is 0 Å². The van der Waals surface area contributed by atoms with Crippen LogP contribution in [-0.2, 0) is 10.0 Å². The first-order valence-corrected chi connectivity index (χ1v) is 8.47. The number of carbonyl (C=O) groups is 1. The molecule has 0 aliphatic rings. The predicted molar refractivity (Wildman–Crippen MR) is 83.7 cm³/mol. The van der Waals surface area contributed by atoms with Crippen molar-refractivity contribution < 1.29 is 13.2 Å². The molecule has 0 aliphatic carbocycles. The summed E-state index contributed by atoms with van der Waals surface area (Å²) in [7, 11) is -3.55. The molecule has 2 N–H and O–H groups in total. The predicted octanol–water partition coefficient (Wildman–Crippen LogP) is 2.15. The molecule has 0 saturated heterocycles. The van der Waals surface area contributed by atoms with E-state index < -0.39 is 10.0 Å². The van der Waals surface area contributed by atoms with Crippen LogP contribution in [0.2, 0.25) is 0 Å². The number of hydrogen-bond acceptors (Lipinski definition) is 3. The van der Waals surface area contributed by atoms with E-state index in [0.717, 1.165) is 0 Å². The lowest BCUT2D eigenvalue weighted by atomic mass is 9.88. The number of rotatable bonds is 5. The summed E-state index contributed by atoms with van der Waals surface area (Å²) in [6, 6.07) is 6.01. The molecule has 21 heavy (non-hydrogen) atoms. The minimum absolute atomic E-state index is 0.0287. The highest BCUT2D eigenvalue weighted by Crippen LogP contribution is 2.19. The molecule has 1 aromatic rings. The second kappa shape index (κ2) is 6.58. The van der Waals surface area contributed by atoms with E-state index in [2.05, 4.69) is 10.0 Å². The van der Waals surface area contributed by atoms with Crippen LogP contribution in [0.25, 0.3) is 0 Å². The van der Waals surface area contributed by atoms with Gasteiger partial charge in [-0.3, -0.25) is 4.79 Å². The number of amides is 1. The van der Waals surface area contributed by atoms with Gasteiger partial charge in [0.2, 0.25) is 10.0 Å². The summed E-state index contributed by atoms with van der Waals surface area (Å²) in [6.45, 7) is 10.0. The van der Waals surface area contributed by atoms with E-state index in [1.54, 1.807) is 19.1 Å². The lowest BCUT2D eigenvalue weighted by Gasteiger charge is -2.28. The molecule has 0 saturated carbocycles. The zero-order valence-electron chi connectivity index (χ0n) is 13.2. The van der Waals surface area contributed by atoms with Gasteiger partial charge in [-0.25, -0.2) is 13.1 Å². The zero-order chi connectivity index (χ0) is 16.3. The molecule has 0 aromatic heterocycles. The van der Waals surface area contributed by atoms with E-state index >= 15 is 0 Å². The SMILES string of the molecule is CCNS(=O)(=O)c1cccc(C(=O)N[C@@H](C)C(C)(C)C)c1. The fraction of sp³-hybridized carbons (Fsp3) is 0.533. The van der Waals surface area contributed by atoms with Crippen molar-refractivity contribution in [2.45, 2.75) is 45.6 Å². The van der Waals surface area contributed by atoms with Crippen molar-refractivity contribution in [2.75, 3.05) is 6.54 Å². The fourth-order valence-electron chi connectivity index (χ4n) is 1.57. The third kappa shape index (κ3) is 4.82. The maximum Gasteiger partial charge on any atom is 0.251 e. The molecule has 1 atom stereocenters. The van der Waals surface area contributed by atoms with Crippen LogP contribution in [-0.4, -0.2) is 26.9 Å². The normalized spacial score (nSPS) is 13.8. The quantitative estimate of drug-likeness (QED) is 0.875. The van der Waals surface area contributed by atoms with Crippen LogP contribution >= 0.6 is 0 Å². The number of sulfonamides is 1. The van der Waals surface area contributed by atoms with E-state index in [9.17, 15) is 13.2 Å². The van der Waals surface area contributed by atoms with Crippen LogP contribution < -0.4 is 10.0 Å². The number of carbonyl (C=O) groups excluding carboxylic acids is 1. The Bertz CT molecular complexity index is 604. The Kier molecular flexibility index (Phi) is 5.53. The highest BCUT2D eigenvalue weighted by Gasteiger charge is 2.23. The maximum atomic E-state index is 12.2. The van der Waals surface area contributed by atoms with Gasteiger partial charge in [-0.05, 0) is 30.5 Å². The standard InChI is InChI=1S/C15H24N2O3S/c1-6-16-21(19,20)13-9-7-8-12(10-13)14(18)17-11(2)15(3,4)5/h7-11,16H,6H2,1-5H3,(H,17,18)/t11-/m0/s1. The van der Waals surface area contributed by atoms with Gasteiger partial charge in [0.15, 0.2) is 0 Å². The molecule has 0 heterocycles. The van der Waals surface area contributed by atoms with E-state index in [4.69, 9.17) is 0 Å². The van der Waals surface area contributed by atoms with Gasteiger partial charge in [0, 0.05) is 18.2 Å². The summed E-state index contributed by atoms with van der Waals surface area (Å²) in [6.07, 6.45) is 0. The highest BCUT2D eigenvalue weighted by atomic mass is 32.2. The van der Waals surface area contributed by atoms with Crippen LogP contribution in [0.15, 0.2) is 29.2 Å². The lowest BCUT2D eigenvalue weighted by molar-refractivity contribution is 0.0910. The van der Waals surface area contributed by atoms with Crippen LogP contribution in [0.5, 0.6) is 0 Å². The van der Waals surface area contributed by atoms with E-state index in [-0.39, 0.29) is 22.3 Å². The molecular weight excluding hydrogens is 288 g/mol. The molecule has 1 aromatic carbocycles. The Morgan fingerprint density at radius 2 is 1.90 bits per heavy atom. The molecule has 0 unspecified atom stereocenters. The monoisotopic (exact) mass is 312 g/mol. The van der Waals surface area contributed by atoms with Crippen molar-refractivity contribution in [3.05, 3.63) is 29.8 Å². The molecule has 0 fully saturated rings. The smallest absolute Gasteiger partial charge is 0.251 e. The Morgan fingerprint density at radius 3 is 2.43 bits per heavy atom. The van der Waals surface area contributed by atoms with Gasteiger partial charge in [-0.1, -0.05) is 33.8 Å². The fourth-order valence-corrected chi connectivity index (χ4v) is 2.66. The lowest BCUT2D eigenvalue weighted by Crippen LogP contribution is -2.41. The van der Waals surface area contributed by atoms with Crippen LogP contribution in [0.3, 0.4) is 0 Å². The highest BCUT2D eigenvalue weighted by molar-refractivity contribution is 7.89. The summed E-state index contributed by atoms with van der Waals surface area (Å²) >= 11 is 0. The second-order valence-electron chi connectivity index (χ2n) is 6.09. The van der Waals surface area contributed by atoms with Crippen molar-refractivity contribution in [1.29, 1.82) is 0 Å². The number of benzene rings is 1. The summed E-state index contributed by atoms with van der Waals surface area (Å²) in [5.74, 6) is -0.272. The molecule has 1 amide bonds. The maximum absolute atomic E-state index is 12.2. The molecule has 0 radical (unpaired) electrons. The largest absolute Gasteiger partial charge is 0.349 e. The first-order chi connectivity index (χ1) is 9.58. The van der Waals surface area contributed by atoms with E-state index in [1.165, 1.54) is 12.1 Å². The van der Waals surface area contributed by atoms with Crippen molar-refractivity contribution in [3.63, 3.8) is 0 Å². The summed E-state index contributed by atoms with van der Waals surface area (Å²) < 4.78 is 26.3. The molecule has 1 rings (SSSR count). The summed E-state index contributed by atoms with van der Waals surface area (Å²) in [5.41, 5.74) is 0.272. The Balaban J connectivity index is 2.98. The van der Waals surface area contributed by atoms with Gasteiger partial charge in [0.05, 0.1) is 4.90 Å². The minimum atomic E-state index is -3.55. The van der Waals surface area contributed by atoms with Gasteiger partial charge in [0.1, 0.15) is 0 Å². The molecule has 0 spiro atoms. The van der Waals surface area contributed by atoms with Gasteiger partial charge in [0.25, 0.3) is 5.91 Å². The molecule has 0 bridgehead atoms. The van der Waals surface area contributed by atoms with Gasteiger partial charge in [-0.2, -0.15) is 0 Å². The number of hydrogen-bond donors (Lipinski definition) is 2. The first kappa shape index (κ1) is 17.7. The Labute approximate surface area is 127 Å². The second-order valence-corrected chi connectivity index (χ2v) is 7.86. The van der Waals surface area contributed by atoms with Crippen molar-refractivity contribution in [1.82, 2.24) is 10.0 Å². The van der Waals surface area contributed by atoms with Crippen molar-refractivity contribution in [3.8, 4) is 0 Å². The van der Waals surface area contributed by atoms with Crippen LogP contribution in [0.1, 0.15) is 45.0 Å². The van der Waals surface area contributed by atoms with Gasteiger partial charge in [-0.15, -0.1) is 0 Å². The summed E-state index contributed by atoms with van der Waals surface area (Å²) in [4.78, 5) is 12.3. The third-order valence-electron chi connectivity index (χ3n) is 3.39. The molecule has 5 nitrogen and oxygen atoms in total. The van der Waals surface area contributed by atoms with E-state index in [1.807, 2.05) is 27.7 Å². The van der Waals surface area contributed by atoms with Crippen molar-refractivity contribution >= 4 is 15.9 Å². The topological polar surface area (TPSA) is 75.3 Å². The van der Waals surface area contributed by atoms with Gasteiger partial charge < -0.3 is 5.32 Å². The Morgan fingerprint density at radius 1 is 1.29 bits per heavy atom. The van der Waals surface area contributed by atoms with Crippen LogP contribution in [0.4, 0.5) is 0 Å². The molecular formula is C15H24N2O3S. The van der Waals surface area contributed by atoms with E-state index in [0.29, 0.717) is 12.1 Å². The summed E-state index contributed by atoms with van der Waals surface area (Å²) in [5, 5.41) is 2.89. The third-order valence-corrected chi connectivity index (χ3v) is 4.93. The molecule has 118 valence electrons. The number of nitrogens with one attached hydrogen (secondary N) is 2. The molecule has 6 heteroatoms. The van der Waals surface area contributed by atoms with Crippen molar-refractivity contribution in [2.24, 2.45) is 5.41 Å². The average molecular weight is 312 g/mol.